The van der Waals surface area contributed by atoms with Crippen molar-refractivity contribution in [2.24, 2.45) is 0 Å². The van der Waals surface area contributed by atoms with E-state index < -0.39 is 34.1 Å². The molecule has 0 radical (unpaired) electrons. The van der Waals surface area contributed by atoms with E-state index in [1.807, 2.05) is 22.6 Å². The summed E-state index contributed by atoms with van der Waals surface area (Å²) in [4.78, 5) is 28.6. The highest BCUT2D eigenvalue weighted by molar-refractivity contribution is 14.1. The minimum atomic E-state index is -1.33. The van der Waals surface area contributed by atoms with Gasteiger partial charge in [-0.2, -0.15) is 4.68 Å². The van der Waals surface area contributed by atoms with Gasteiger partial charge in [-0.15, -0.1) is 32.8 Å². The first-order valence-corrected chi connectivity index (χ1v) is 13.3. The van der Waals surface area contributed by atoms with Crippen molar-refractivity contribution in [3.8, 4) is 11.4 Å². The molecular formula is C21H22ClFIN4O4P3. The molecule has 8 nitrogen and oxygen atoms in total. The lowest BCUT2D eigenvalue weighted by Gasteiger charge is -2.28. The van der Waals surface area contributed by atoms with E-state index in [2.05, 4.69) is 37.8 Å². The molecule has 2 aromatic heterocycles. The Morgan fingerprint density at radius 1 is 1.40 bits per heavy atom. The van der Waals surface area contributed by atoms with Crippen LogP contribution in [0.15, 0.2) is 35.3 Å². The summed E-state index contributed by atoms with van der Waals surface area (Å²) in [5.74, 6) is -2.26. The lowest BCUT2D eigenvalue weighted by atomic mass is 10.1. The van der Waals surface area contributed by atoms with Crippen LogP contribution in [0, 0.1) is 3.57 Å². The average molecular weight is 669 g/mol. The predicted octanol–water partition coefficient (Wildman–Crippen LogP) is 4.92. The molecule has 4 atom stereocenters. The third-order valence-corrected chi connectivity index (χ3v) is 7.55. The smallest absolute Gasteiger partial charge is 0.374 e. The van der Waals surface area contributed by atoms with Gasteiger partial charge in [-0.05, 0) is 54.6 Å². The van der Waals surface area contributed by atoms with E-state index in [1.165, 1.54) is 24.4 Å². The van der Waals surface area contributed by atoms with Crippen molar-refractivity contribution < 1.29 is 19.0 Å². The van der Waals surface area contributed by atoms with E-state index in [0.717, 1.165) is 9.25 Å². The number of carboxylic acids is 1. The fourth-order valence-corrected chi connectivity index (χ4v) is 4.06. The number of carbonyl (C=O) groups is 1. The number of pyridine rings is 1. The summed E-state index contributed by atoms with van der Waals surface area (Å²) < 4.78 is 23.6. The highest BCUT2D eigenvalue weighted by Gasteiger charge is 2.27. The maximum absolute atomic E-state index is 15.5. The minimum absolute atomic E-state index is 0.109. The molecule has 186 valence electrons. The Kier molecular flexibility index (Phi) is 9.09. The van der Waals surface area contributed by atoms with Crippen LogP contribution in [0.4, 0.5) is 4.39 Å². The number of halogens is 3. The Labute approximate surface area is 226 Å². The SMILES string of the molecule is CCn1c(C(=O)O)nn(-c2cc(O[C@@H](C)C(P)(P)P)c(/C(F)=C/c3ncccc3Cl)cc2I)c1=O. The summed E-state index contributed by atoms with van der Waals surface area (Å²) in [5.41, 5.74) is -0.0335. The van der Waals surface area contributed by atoms with Gasteiger partial charge in [0, 0.05) is 33.1 Å². The first-order chi connectivity index (χ1) is 16.3. The summed E-state index contributed by atoms with van der Waals surface area (Å²) in [6, 6.07) is 6.20. The molecule has 3 unspecified atom stereocenters. The highest BCUT2D eigenvalue weighted by Crippen LogP contribution is 2.42. The van der Waals surface area contributed by atoms with Crippen LogP contribution in [0.25, 0.3) is 17.6 Å². The maximum atomic E-state index is 15.5. The molecule has 35 heavy (non-hydrogen) atoms. The molecule has 0 aliphatic carbocycles. The fourth-order valence-electron chi connectivity index (χ4n) is 2.98. The topological polar surface area (TPSA) is 99.2 Å². The van der Waals surface area contributed by atoms with Gasteiger partial charge in [-0.3, -0.25) is 9.55 Å². The number of nitrogens with zero attached hydrogens (tertiary/aromatic N) is 4. The van der Waals surface area contributed by atoms with Gasteiger partial charge in [0.15, 0.2) is 0 Å². The van der Waals surface area contributed by atoms with Gasteiger partial charge in [-0.25, -0.2) is 14.0 Å². The highest BCUT2D eigenvalue weighted by atomic mass is 127. The zero-order valence-corrected chi connectivity index (χ0v) is 25.0. The number of hydrogen-bond donors (Lipinski definition) is 1. The summed E-state index contributed by atoms with van der Waals surface area (Å²) in [6.45, 7) is 3.56. The lowest BCUT2D eigenvalue weighted by Crippen LogP contribution is -2.27. The molecule has 0 fully saturated rings. The summed E-state index contributed by atoms with van der Waals surface area (Å²) in [5, 5.41) is 13.7. The van der Waals surface area contributed by atoms with Gasteiger partial charge in [0.05, 0.1) is 22.0 Å². The number of aromatic nitrogens is 4. The first-order valence-electron chi connectivity index (χ1n) is 10.1. The third kappa shape index (κ3) is 6.28. The summed E-state index contributed by atoms with van der Waals surface area (Å²) in [7, 11) is 7.82. The molecule has 0 bridgehead atoms. The van der Waals surface area contributed by atoms with Gasteiger partial charge in [0.1, 0.15) is 17.7 Å². The maximum Gasteiger partial charge on any atom is 0.374 e. The third-order valence-electron chi connectivity index (χ3n) is 4.96. The number of ether oxygens (including phenoxy) is 1. The minimum Gasteiger partial charge on any atom is -0.488 e. The molecule has 14 heteroatoms. The van der Waals surface area contributed by atoms with Gasteiger partial charge in [-0.1, -0.05) is 11.6 Å². The molecule has 1 N–H and O–H groups in total. The molecule has 0 saturated heterocycles. The van der Waals surface area contributed by atoms with Crippen LogP contribution in [0.2, 0.25) is 5.02 Å². The van der Waals surface area contributed by atoms with E-state index in [-0.39, 0.29) is 34.3 Å². The number of hydrogen-bond acceptors (Lipinski definition) is 5. The van der Waals surface area contributed by atoms with Crippen LogP contribution < -0.4 is 10.4 Å². The van der Waals surface area contributed by atoms with Crippen LogP contribution >= 0.6 is 61.9 Å². The second-order valence-electron chi connectivity index (χ2n) is 7.49. The van der Waals surface area contributed by atoms with Gasteiger partial charge >= 0.3 is 11.7 Å². The van der Waals surface area contributed by atoms with Gasteiger partial charge in [0.25, 0.3) is 0 Å². The van der Waals surface area contributed by atoms with Crippen LogP contribution in [-0.2, 0) is 6.54 Å². The van der Waals surface area contributed by atoms with Crippen LogP contribution in [0.3, 0.4) is 0 Å². The standard InChI is InChI=1S/C21H22ClFIN4O4P3/c1-3-27-18(19(29)30)26-28(20(27)31)16-9-17(32-10(2)21(33,34)35)11(7-14(16)24)13(23)8-15-12(22)5-4-6-25-15/h4-10H,3,33-35H2,1-2H3,(H,29,30)/b13-8-/t10-/m0/s1. The molecular weight excluding hydrogens is 647 g/mol. The van der Waals surface area contributed by atoms with Crippen molar-refractivity contribution in [2.45, 2.75) is 31.1 Å². The molecule has 3 rings (SSSR count). The molecule has 0 saturated carbocycles. The van der Waals surface area contributed by atoms with Crippen molar-refractivity contribution in [3.05, 3.63) is 66.6 Å². The van der Waals surface area contributed by atoms with Crippen molar-refractivity contribution in [3.63, 3.8) is 0 Å². The normalized spacial score (nSPS) is 13.1. The van der Waals surface area contributed by atoms with E-state index in [9.17, 15) is 14.7 Å². The van der Waals surface area contributed by atoms with Gasteiger partial charge in [0.2, 0.25) is 5.82 Å². The Bertz CT molecular complexity index is 1370. The second kappa shape index (κ2) is 11.3. The summed E-state index contributed by atoms with van der Waals surface area (Å²) >= 11 is 8.07. The molecule has 3 aromatic rings. The average Bonchev–Trinajstić information content (AvgIpc) is 3.11. The zero-order chi connectivity index (χ0) is 26.1. The van der Waals surface area contributed by atoms with Crippen molar-refractivity contribution in [2.75, 3.05) is 0 Å². The van der Waals surface area contributed by atoms with E-state index in [0.29, 0.717) is 3.57 Å². The predicted molar refractivity (Wildman–Crippen MR) is 153 cm³/mol. The monoisotopic (exact) mass is 668 g/mol. The number of aromatic carboxylic acids is 1. The molecule has 0 aliphatic heterocycles. The van der Waals surface area contributed by atoms with E-state index >= 15 is 4.39 Å². The van der Waals surface area contributed by atoms with Crippen molar-refractivity contribution in [1.29, 1.82) is 0 Å². The second-order valence-corrected chi connectivity index (χ2v) is 14.1. The quantitative estimate of drug-likeness (QED) is 0.271. The zero-order valence-electron chi connectivity index (χ0n) is 18.6. The van der Waals surface area contributed by atoms with Crippen LogP contribution in [-0.4, -0.2) is 41.1 Å². The Hall–Kier alpha value is -1.44. The molecule has 2 heterocycles. The van der Waals surface area contributed by atoms with Crippen molar-refractivity contribution >= 4 is 79.8 Å². The van der Waals surface area contributed by atoms with Crippen LogP contribution in [0.1, 0.15) is 35.7 Å². The molecule has 0 amide bonds. The number of rotatable bonds is 8. The molecule has 0 aliphatic rings. The Morgan fingerprint density at radius 3 is 2.63 bits per heavy atom. The lowest BCUT2D eigenvalue weighted by molar-refractivity contribution is 0.0677. The Morgan fingerprint density at radius 2 is 2.09 bits per heavy atom. The van der Waals surface area contributed by atoms with E-state index in [4.69, 9.17) is 16.3 Å². The number of carboxylic acid groups (broad SMARTS) is 1. The largest absolute Gasteiger partial charge is 0.488 e. The Balaban J connectivity index is 2.24. The van der Waals surface area contributed by atoms with E-state index in [1.54, 1.807) is 26.0 Å². The first kappa shape index (κ1) is 28.1. The van der Waals surface area contributed by atoms with Crippen LogP contribution in [0.5, 0.6) is 5.75 Å². The summed E-state index contributed by atoms with van der Waals surface area (Å²) in [6.07, 6.45) is 2.25. The van der Waals surface area contributed by atoms with Crippen molar-refractivity contribution in [1.82, 2.24) is 19.3 Å². The number of benzene rings is 1. The molecule has 0 spiro atoms. The molecule has 1 aromatic carbocycles. The fraction of sp³-hybridized carbons (Fsp3) is 0.238. The van der Waals surface area contributed by atoms with Gasteiger partial charge < -0.3 is 9.84 Å².